The largest absolute Gasteiger partial charge is 0.465 e. The van der Waals surface area contributed by atoms with Crippen LogP contribution in [0.1, 0.15) is 33.9 Å². The van der Waals surface area contributed by atoms with E-state index in [1.54, 1.807) is 20.8 Å². The summed E-state index contributed by atoms with van der Waals surface area (Å²) in [5.41, 5.74) is 1.01. The smallest absolute Gasteiger partial charge is 0.342 e. The van der Waals surface area contributed by atoms with Crippen LogP contribution in [0.25, 0.3) is 0 Å². The standard InChI is InChI=1S/C14H19NO6S/c1-8-9(2)21-10(3)13(8)14(17)20-6-12(16)15-11-4-5-22(18,19)7-11/h11H,4-7H2,1-3H3,(H,15,16)/t11-/m1/s1. The molecular formula is C14H19NO6S. The molecule has 1 saturated heterocycles. The minimum Gasteiger partial charge on any atom is -0.465 e. The Bertz CT molecular complexity index is 703. The second-order valence-corrected chi connectivity index (χ2v) is 7.69. The molecule has 1 atom stereocenters. The van der Waals surface area contributed by atoms with Crippen LogP contribution >= 0.6 is 0 Å². The molecule has 1 aromatic rings. The van der Waals surface area contributed by atoms with Crippen molar-refractivity contribution in [1.29, 1.82) is 0 Å². The molecule has 0 radical (unpaired) electrons. The van der Waals surface area contributed by atoms with Crippen LogP contribution in [0.15, 0.2) is 4.42 Å². The van der Waals surface area contributed by atoms with Gasteiger partial charge in [-0.15, -0.1) is 0 Å². The number of nitrogens with one attached hydrogen (secondary N) is 1. The molecular weight excluding hydrogens is 310 g/mol. The van der Waals surface area contributed by atoms with Gasteiger partial charge in [0.05, 0.1) is 11.5 Å². The first-order valence-electron chi connectivity index (χ1n) is 6.93. The molecule has 22 heavy (non-hydrogen) atoms. The summed E-state index contributed by atoms with van der Waals surface area (Å²) in [6, 6.07) is -0.407. The zero-order valence-corrected chi connectivity index (χ0v) is 13.6. The molecule has 0 aromatic carbocycles. The van der Waals surface area contributed by atoms with Gasteiger partial charge in [-0.3, -0.25) is 4.79 Å². The number of carbonyl (C=O) groups excluding carboxylic acids is 2. The third-order valence-electron chi connectivity index (χ3n) is 3.70. The molecule has 2 rings (SSSR count). The summed E-state index contributed by atoms with van der Waals surface area (Å²) in [7, 11) is -3.06. The van der Waals surface area contributed by atoms with Gasteiger partial charge in [-0.2, -0.15) is 0 Å². The molecule has 1 aromatic heterocycles. The normalized spacial score (nSPS) is 19.9. The van der Waals surface area contributed by atoms with Crippen molar-refractivity contribution in [1.82, 2.24) is 5.32 Å². The van der Waals surface area contributed by atoms with Crippen LogP contribution in [0.2, 0.25) is 0 Å². The zero-order chi connectivity index (χ0) is 16.5. The Morgan fingerprint density at radius 1 is 1.27 bits per heavy atom. The van der Waals surface area contributed by atoms with Gasteiger partial charge in [0.15, 0.2) is 16.4 Å². The molecule has 1 fully saturated rings. The lowest BCUT2D eigenvalue weighted by atomic mass is 10.1. The second-order valence-electron chi connectivity index (χ2n) is 5.46. The molecule has 0 spiro atoms. The Labute approximate surface area is 128 Å². The number of rotatable bonds is 4. The highest BCUT2D eigenvalue weighted by Crippen LogP contribution is 2.21. The van der Waals surface area contributed by atoms with Gasteiger partial charge in [-0.25, -0.2) is 13.2 Å². The fraction of sp³-hybridized carbons (Fsp3) is 0.571. The molecule has 1 N–H and O–H groups in total. The summed E-state index contributed by atoms with van der Waals surface area (Å²) < 4.78 is 32.9. The number of sulfone groups is 1. The van der Waals surface area contributed by atoms with E-state index < -0.39 is 34.4 Å². The Balaban J connectivity index is 1.87. The maximum absolute atomic E-state index is 12.0. The number of carbonyl (C=O) groups is 2. The van der Waals surface area contributed by atoms with Crippen LogP contribution in [0.5, 0.6) is 0 Å². The monoisotopic (exact) mass is 329 g/mol. The van der Waals surface area contributed by atoms with Crippen molar-refractivity contribution in [3.8, 4) is 0 Å². The van der Waals surface area contributed by atoms with Crippen LogP contribution in [-0.4, -0.2) is 44.4 Å². The van der Waals surface area contributed by atoms with Gasteiger partial charge in [0, 0.05) is 11.6 Å². The molecule has 1 aliphatic rings. The van der Waals surface area contributed by atoms with E-state index in [2.05, 4.69) is 5.32 Å². The van der Waals surface area contributed by atoms with E-state index in [-0.39, 0.29) is 11.5 Å². The van der Waals surface area contributed by atoms with Crippen molar-refractivity contribution >= 4 is 21.7 Å². The topological polar surface area (TPSA) is 103 Å². The Hall–Kier alpha value is -1.83. The highest BCUT2D eigenvalue weighted by Gasteiger charge is 2.29. The first-order chi connectivity index (χ1) is 10.2. The molecule has 1 amide bonds. The van der Waals surface area contributed by atoms with Gasteiger partial charge in [-0.05, 0) is 27.2 Å². The van der Waals surface area contributed by atoms with Gasteiger partial charge in [0.2, 0.25) is 0 Å². The first-order valence-corrected chi connectivity index (χ1v) is 8.75. The van der Waals surface area contributed by atoms with E-state index >= 15 is 0 Å². The molecule has 0 saturated carbocycles. The summed E-state index contributed by atoms with van der Waals surface area (Å²) in [5, 5.41) is 2.56. The van der Waals surface area contributed by atoms with Crippen LogP contribution in [-0.2, 0) is 19.4 Å². The average molecular weight is 329 g/mol. The van der Waals surface area contributed by atoms with Gasteiger partial charge in [-0.1, -0.05) is 0 Å². The highest BCUT2D eigenvalue weighted by atomic mass is 32.2. The fourth-order valence-electron chi connectivity index (χ4n) is 2.48. The third kappa shape index (κ3) is 3.68. The lowest BCUT2D eigenvalue weighted by Gasteiger charge is -2.11. The number of hydrogen-bond acceptors (Lipinski definition) is 6. The van der Waals surface area contributed by atoms with Crippen LogP contribution in [0.3, 0.4) is 0 Å². The van der Waals surface area contributed by atoms with Gasteiger partial charge >= 0.3 is 5.97 Å². The summed E-state index contributed by atoms with van der Waals surface area (Å²) in [6.45, 7) is 4.69. The van der Waals surface area contributed by atoms with E-state index in [0.29, 0.717) is 29.1 Å². The maximum atomic E-state index is 12.0. The van der Waals surface area contributed by atoms with Gasteiger partial charge in [0.25, 0.3) is 5.91 Å². The Morgan fingerprint density at radius 2 is 1.95 bits per heavy atom. The molecule has 0 bridgehead atoms. The van der Waals surface area contributed by atoms with Crippen molar-refractivity contribution in [2.75, 3.05) is 18.1 Å². The van der Waals surface area contributed by atoms with Crippen molar-refractivity contribution in [3.63, 3.8) is 0 Å². The van der Waals surface area contributed by atoms with E-state index in [1.165, 1.54) is 0 Å². The number of furan rings is 1. The average Bonchev–Trinajstić information content (AvgIpc) is 2.87. The fourth-order valence-corrected chi connectivity index (χ4v) is 4.15. The third-order valence-corrected chi connectivity index (χ3v) is 5.47. The first kappa shape index (κ1) is 16.5. The SMILES string of the molecule is Cc1oc(C)c(C(=O)OCC(=O)N[C@@H]2CCS(=O)(=O)C2)c1C. The summed E-state index contributed by atoms with van der Waals surface area (Å²) >= 11 is 0. The molecule has 0 aliphatic carbocycles. The van der Waals surface area contributed by atoms with E-state index in [4.69, 9.17) is 9.15 Å². The Kier molecular flexibility index (Phi) is 4.60. The van der Waals surface area contributed by atoms with Crippen LogP contribution in [0.4, 0.5) is 0 Å². The highest BCUT2D eigenvalue weighted by molar-refractivity contribution is 7.91. The lowest BCUT2D eigenvalue weighted by Crippen LogP contribution is -2.38. The van der Waals surface area contributed by atoms with E-state index in [0.717, 1.165) is 0 Å². The van der Waals surface area contributed by atoms with Crippen molar-refractivity contribution < 1.29 is 27.2 Å². The molecule has 122 valence electrons. The zero-order valence-electron chi connectivity index (χ0n) is 12.8. The van der Waals surface area contributed by atoms with Crippen molar-refractivity contribution in [2.24, 2.45) is 0 Å². The van der Waals surface area contributed by atoms with Crippen molar-refractivity contribution in [2.45, 2.75) is 33.2 Å². The number of aryl methyl sites for hydroxylation is 2. The number of esters is 1. The van der Waals surface area contributed by atoms with E-state index in [1.807, 2.05) is 0 Å². The number of ether oxygens (including phenoxy) is 1. The number of hydrogen-bond donors (Lipinski definition) is 1. The number of amides is 1. The molecule has 8 heteroatoms. The molecule has 2 heterocycles. The summed E-state index contributed by atoms with van der Waals surface area (Å²) in [5.74, 6) is -0.0460. The van der Waals surface area contributed by atoms with Crippen molar-refractivity contribution in [3.05, 3.63) is 22.6 Å². The van der Waals surface area contributed by atoms with Crippen LogP contribution < -0.4 is 5.32 Å². The minimum absolute atomic E-state index is 0.0637. The van der Waals surface area contributed by atoms with E-state index in [9.17, 15) is 18.0 Å². The molecule has 7 nitrogen and oxygen atoms in total. The second kappa shape index (κ2) is 6.12. The van der Waals surface area contributed by atoms with Gasteiger partial charge in [0.1, 0.15) is 17.1 Å². The lowest BCUT2D eigenvalue weighted by molar-refractivity contribution is -0.124. The molecule has 0 unspecified atom stereocenters. The summed E-state index contributed by atoms with van der Waals surface area (Å²) in [4.78, 5) is 23.7. The Morgan fingerprint density at radius 3 is 2.45 bits per heavy atom. The molecule has 1 aliphatic heterocycles. The minimum atomic E-state index is -3.06. The summed E-state index contributed by atoms with van der Waals surface area (Å²) in [6.07, 6.45) is 0.390. The maximum Gasteiger partial charge on any atom is 0.342 e. The predicted molar refractivity (Wildman–Crippen MR) is 78.4 cm³/mol. The quantitative estimate of drug-likeness (QED) is 0.814. The van der Waals surface area contributed by atoms with Crippen LogP contribution in [0, 0.1) is 20.8 Å². The predicted octanol–water partition coefficient (Wildman–Crippen LogP) is 0.665. The van der Waals surface area contributed by atoms with Gasteiger partial charge < -0.3 is 14.5 Å².